The minimum absolute atomic E-state index is 0. The van der Waals surface area contributed by atoms with Crippen molar-refractivity contribution in [1.29, 1.82) is 0 Å². The molecule has 2 aromatic rings. The molecule has 1 aromatic heterocycles. The van der Waals surface area contributed by atoms with Crippen LogP contribution in [-0.2, 0) is 6.42 Å². The summed E-state index contributed by atoms with van der Waals surface area (Å²) in [5.41, 5.74) is 2.25. The van der Waals surface area contributed by atoms with E-state index in [0.29, 0.717) is 11.7 Å². The van der Waals surface area contributed by atoms with Gasteiger partial charge in [0.15, 0.2) is 0 Å². The third-order valence-electron chi connectivity index (χ3n) is 3.11. The van der Waals surface area contributed by atoms with Crippen LogP contribution in [0.1, 0.15) is 11.5 Å². The largest absolute Gasteiger partial charge is 0.339 e. The molecule has 5 heteroatoms. The first-order chi connectivity index (χ1) is 8.31. The van der Waals surface area contributed by atoms with Gasteiger partial charge in [-0.2, -0.15) is 4.98 Å². The first-order valence-corrected chi connectivity index (χ1v) is 5.91. The summed E-state index contributed by atoms with van der Waals surface area (Å²) in [7, 11) is 0. The molecule has 0 saturated carbocycles. The molecule has 0 bridgehead atoms. The van der Waals surface area contributed by atoms with Gasteiger partial charge in [0.2, 0.25) is 11.7 Å². The molecule has 1 N–H and O–H groups in total. The summed E-state index contributed by atoms with van der Waals surface area (Å²) >= 11 is 0. The van der Waals surface area contributed by atoms with E-state index in [4.69, 9.17) is 4.52 Å². The fourth-order valence-corrected chi connectivity index (χ4v) is 1.90. The average molecular weight is 266 g/mol. The molecule has 0 spiro atoms. The third-order valence-corrected chi connectivity index (χ3v) is 3.11. The van der Waals surface area contributed by atoms with Crippen molar-refractivity contribution in [2.24, 2.45) is 5.92 Å². The Balaban J connectivity index is 0.00000120. The number of aryl methyl sites for hydroxylation is 1. The van der Waals surface area contributed by atoms with Gasteiger partial charge in [-0.25, -0.2) is 0 Å². The monoisotopic (exact) mass is 265 g/mol. The van der Waals surface area contributed by atoms with Crippen molar-refractivity contribution >= 4 is 12.4 Å². The number of hydrogen-bond donors (Lipinski definition) is 1. The van der Waals surface area contributed by atoms with Crippen molar-refractivity contribution in [3.63, 3.8) is 0 Å². The minimum Gasteiger partial charge on any atom is -0.339 e. The van der Waals surface area contributed by atoms with Crippen molar-refractivity contribution in [2.45, 2.75) is 13.3 Å². The molecule has 1 aliphatic rings. The molecule has 0 radical (unpaired) electrons. The number of hydrogen-bond acceptors (Lipinski definition) is 4. The van der Waals surface area contributed by atoms with Crippen molar-refractivity contribution in [2.75, 3.05) is 13.1 Å². The lowest BCUT2D eigenvalue weighted by Crippen LogP contribution is -2.43. The van der Waals surface area contributed by atoms with Crippen LogP contribution >= 0.6 is 12.4 Å². The Hall–Kier alpha value is -1.39. The Morgan fingerprint density at radius 2 is 2.00 bits per heavy atom. The summed E-state index contributed by atoms with van der Waals surface area (Å²) in [5.74, 6) is 2.08. The summed E-state index contributed by atoms with van der Waals surface area (Å²) in [4.78, 5) is 4.43. The smallest absolute Gasteiger partial charge is 0.227 e. The molecular formula is C13H16ClN3O. The van der Waals surface area contributed by atoms with Crippen LogP contribution < -0.4 is 5.32 Å². The number of halogens is 1. The van der Waals surface area contributed by atoms with Crippen LogP contribution in [0.2, 0.25) is 0 Å². The second-order valence-corrected chi connectivity index (χ2v) is 4.61. The van der Waals surface area contributed by atoms with Gasteiger partial charge in [0, 0.05) is 12.0 Å². The minimum atomic E-state index is 0. The number of benzene rings is 1. The van der Waals surface area contributed by atoms with Gasteiger partial charge in [-0.15, -0.1) is 12.4 Å². The van der Waals surface area contributed by atoms with Crippen LogP contribution in [0.25, 0.3) is 11.4 Å². The second-order valence-electron chi connectivity index (χ2n) is 4.61. The first-order valence-electron chi connectivity index (χ1n) is 5.91. The van der Waals surface area contributed by atoms with Crippen molar-refractivity contribution in [1.82, 2.24) is 15.5 Å². The van der Waals surface area contributed by atoms with E-state index in [-0.39, 0.29) is 12.4 Å². The molecule has 3 rings (SSSR count). The van der Waals surface area contributed by atoms with Gasteiger partial charge < -0.3 is 9.84 Å². The topological polar surface area (TPSA) is 51.0 Å². The molecule has 0 amide bonds. The predicted octanol–water partition coefficient (Wildman–Crippen LogP) is 2.23. The maximum atomic E-state index is 5.27. The molecular weight excluding hydrogens is 250 g/mol. The quantitative estimate of drug-likeness (QED) is 0.925. The fourth-order valence-electron chi connectivity index (χ4n) is 1.90. The van der Waals surface area contributed by atoms with E-state index < -0.39 is 0 Å². The molecule has 4 nitrogen and oxygen atoms in total. The van der Waals surface area contributed by atoms with E-state index in [1.54, 1.807) is 0 Å². The SMILES string of the molecule is Cc1ccc(-c2noc(CC3CNC3)n2)cc1.Cl. The zero-order valence-corrected chi connectivity index (χ0v) is 11.0. The molecule has 0 atom stereocenters. The van der Waals surface area contributed by atoms with Gasteiger partial charge in [0.25, 0.3) is 0 Å². The zero-order chi connectivity index (χ0) is 11.7. The van der Waals surface area contributed by atoms with Crippen LogP contribution in [0.4, 0.5) is 0 Å². The first kappa shape index (κ1) is 13.1. The normalized spacial score (nSPS) is 14.9. The van der Waals surface area contributed by atoms with Gasteiger partial charge in [-0.3, -0.25) is 0 Å². The molecule has 1 saturated heterocycles. The molecule has 0 unspecified atom stereocenters. The van der Waals surface area contributed by atoms with Crippen LogP contribution in [0, 0.1) is 12.8 Å². The van der Waals surface area contributed by atoms with Gasteiger partial charge in [0.05, 0.1) is 0 Å². The summed E-state index contributed by atoms with van der Waals surface area (Å²) in [6.07, 6.45) is 0.881. The molecule has 2 heterocycles. The fraction of sp³-hybridized carbons (Fsp3) is 0.385. The second kappa shape index (κ2) is 5.50. The highest BCUT2D eigenvalue weighted by Gasteiger charge is 2.20. The van der Waals surface area contributed by atoms with Crippen molar-refractivity contribution < 1.29 is 4.52 Å². The molecule has 1 aliphatic heterocycles. The summed E-state index contributed by atoms with van der Waals surface area (Å²) in [6, 6.07) is 8.16. The van der Waals surface area contributed by atoms with E-state index in [1.807, 2.05) is 12.1 Å². The van der Waals surface area contributed by atoms with Gasteiger partial charge in [-0.1, -0.05) is 35.0 Å². The van der Waals surface area contributed by atoms with Gasteiger partial charge >= 0.3 is 0 Å². The predicted molar refractivity (Wildman–Crippen MR) is 71.8 cm³/mol. The summed E-state index contributed by atoms with van der Waals surface area (Å²) in [6.45, 7) is 4.18. The summed E-state index contributed by atoms with van der Waals surface area (Å²) in [5, 5.41) is 7.26. The Morgan fingerprint density at radius 3 is 2.61 bits per heavy atom. The highest BCUT2D eigenvalue weighted by Crippen LogP contribution is 2.18. The number of nitrogens with one attached hydrogen (secondary N) is 1. The van der Waals surface area contributed by atoms with E-state index >= 15 is 0 Å². The number of nitrogens with zero attached hydrogens (tertiary/aromatic N) is 2. The molecule has 1 aromatic carbocycles. The van der Waals surface area contributed by atoms with Crippen LogP contribution in [0.15, 0.2) is 28.8 Å². The Bertz CT molecular complexity index is 505. The van der Waals surface area contributed by atoms with Gasteiger partial charge in [0.1, 0.15) is 0 Å². The lowest BCUT2D eigenvalue weighted by Gasteiger charge is -2.25. The number of aromatic nitrogens is 2. The molecule has 18 heavy (non-hydrogen) atoms. The standard InChI is InChI=1S/C13H15N3O.ClH/c1-9-2-4-11(5-3-9)13-15-12(17-16-13)6-10-7-14-8-10;/h2-5,10,14H,6-8H2,1H3;1H. The maximum Gasteiger partial charge on any atom is 0.227 e. The van der Waals surface area contributed by atoms with E-state index in [0.717, 1.165) is 31.0 Å². The van der Waals surface area contributed by atoms with Crippen LogP contribution in [0.5, 0.6) is 0 Å². The highest BCUT2D eigenvalue weighted by atomic mass is 35.5. The lowest BCUT2D eigenvalue weighted by atomic mass is 10.00. The average Bonchev–Trinajstić information content (AvgIpc) is 2.73. The maximum absolute atomic E-state index is 5.27. The van der Waals surface area contributed by atoms with E-state index in [2.05, 4.69) is 34.5 Å². The third kappa shape index (κ3) is 2.71. The van der Waals surface area contributed by atoms with Crippen LogP contribution in [0.3, 0.4) is 0 Å². The molecule has 96 valence electrons. The Labute approximate surface area is 112 Å². The van der Waals surface area contributed by atoms with E-state index in [1.165, 1.54) is 5.56 Å². The van der Waals surface area contributed by atoms with Crippen molar-refractivity contribution in [3.05, 3.63) is 35.7 Å². The number of rotatable bonds is 3. The lowest BCUT2D eigenvalue weighted by molar-refractivity contribution is 0.296. The molecule has 1 fully saturated rings. The highest BCUT2D eigenvalue weighted by molar-refractivity contribution is 5.85. The van der Waals surface area contributed by atoms with Gasteiger partial charge in [-0.05, 0) is 25.9 Å². The summed E-state index contributed by atoms with van der Waals surface area (Å²) < 4.78 is 5.27. The molecule has 0 aliphatic carbocycles. The van der Waals surface area contributed by atoms with Crippen molar-refractivity contribution in [3.8, 4) is 11.4 Å². The Morgan fingerprint density at radius 1 is 1.28 bits per heavy atom. The van der Waals surface area contributed by atoms with Crippen LogP contribution in [-0.4, -0.2) is 23.2 Å². The Kier molecular flexibility index (Phi) is 3.99. The van der Waals surface area contributed by atoms with E-state index in [9.17, 15) is 0 Å². The zero-order valence-electron chi connectivity index (χ0n) is 10.2.